The van der Waals surface area contributed by atoms with Crippen molar-refractivity contribution < 1.29 is 0 Å². The van der Waals surface area contributed by atoms with E-state index in [0.717, 1.165) is 0 Å². The number of rotatable bonds is 11. The maximum Gasteiger partial charge on any atom is -0.0279 e. The Labute approximate surface area is 127 Å². The number of hydrogen-bond acceptors (Lipinski definition) is 0. The summed E-state index contributed by atoms with van der Waals surface area (Å²) < 4.78 is 0. The fourth-order valence-electron chi connectivity index (χ4n) is 2.46. The predicted octanol–water partition coefficient (Wildman–Crippen LogP) is 6.40. The third-order valence-electron chi connectivity index (χ3n) is 3.66. The number of unbranched alkanes of at least 4 members (excludes halogenated alkanes) is 9. The van der Waals surface area contributed by atoms with E-state index in [1.165, 1.54) is 76.2 Å². The standard InChI is InChI=1S/C18H30.C2H2/c1-2-3-4-5-6-7-8-9-10-12-15-18-16-13-11-14-17-18;1-2/h11,13-14,16-17H,2-10,12,15H2,1H3;1-2H. The van der Waals surface area contributed by atoms with Crippen LogP contribution in [0, 0.1) is 12.8 Å². The molecule has 0 bridgehead atoms. The van der Waals surface area contributed by atoms with E-state index in [4.69, 9.17) is 0 Å². The van der Waals surface area contributed by atoms with Gasteiger partial charge in [-0.05, 0) is 18.4 Å². The minimum absolute atomic E-state index is 1.26. The molecule has 112 valence electrons. The topological polar surface area (TPSA) is 0 Å². The van der Waals surface area contributed by atoms with Gasteiger partial charge >= 0.3 is 0 Å². The fourth-order valence-corrected chi connectivity index (χ4v) is 2.46. The van der Waals surface area contributed by atoms with Gasteiger partial charge in [0.05, 0.1) is 0 Å². The zero-order valence-corrected chi connectivity index (χ0v) is 13.3. The van der Waals surface area contributed by atoms with Crippen LogP contribution >= 0.6 is 0 Å². The van der Waals surface area contributed by atoms with Gasteiger partial charge < -0.3 is 0 Å². The highest BCUT2D eigenvalue weighted by Gasteiger charge is 1.94. The van der Waals surface area contributed by atoms with E-state index in [-0.39, 0.29) is 0 Å². The summed E-state index contributed by atoms with van der Waals surface area (Å²) in [6.07, 6.45) is 23.5. The van der Waals surface area contributed by atoms with Gasteiger partial charge in [0.2, 0.25) is 0 Å². The summed E-state index contributed by atoms with van der Waals surface area (Å²) in [6.45, 7) is 2.28. The van der Waals surface area contributed by atoms with Gasteiger partial charge in [-0.15, -0.1) is 12.8 Å². The monoisotopic (exact) mass is 272 g/mol. The quantitative estimate of drug-likeness (QED) is 0.323. The lowest BCUT2D eigenvalue weighted by molar-refractivity contribution is 0.556. The van der Waals surface area contributed by atoms with Gasteiger partial charge in [-0.2, -0.15) is 0 Å². The molecule has 1 aromatic carbocycles. The average Bonchev–Trinajstić information content (AvgIpc) is 2.52. The Morgan fingerprint density at radius 2 is 1.10 bits per heavy atom. The highest BCUT2D eigenvalue weighted by molar-refractivity contribution is 5.14. The molecule has 20 heavy (non-hydrogen) atoms. The number of benzene rings is 1. The summed E-state index contributed by atoms with van der Waals surface area (Å²) in [4.78, 5) is 0. The molecule has 0 aliphatic rings. The molecular formula is C20H32. The van der Waals surface area contributed by atoms with E-state index in [1.54, 1.807) is 0 Å². The lowest BCUT2D eigenvalue weighted by Crippen LogP contribution is -1.86. The molecule has 0 aromatic heterocycles. The maximum atomic E-state index is 4.00. The van der Waals surface area contributed by atoms with E-state index in [9.17, 15) is 0 Å². The molecule has 0 heterocycles. The van der Waals surface area contributed by atoms with Crippen molar-refractivity contribution in [3.05, 3.63) is 35.9 Å². The van der Waals surface area contributed by atoms with E-state index >= 15 is 0 Å². The molecule has 0 amide bonds. The smallest absolute Gasteiger partial charge is 0.0279 e. The molecule has 0 radical (unpaired) electrons. The Morgan fingerprint density at radius 1 is 0.650 bits per heavy atom. The van der Waals surface area contributed by atoms with Crippen LogP contribution in [0.25, 0.3) is 0 Å². The first-order valence-corrected chi connectivity index (χ1v) is 8.30. The molecule has 1 rings (SSSR count). The van der Waals surface area contributed by atoms with Gasteiger partial charge in [-0.1, -0.05) is 95.0 Å². The first kappa shape index (κ1) is 18.8. The highest BCUT2D eigenvalue weighted by Crippen LogP contribution is 2.12. The fraction of sp³-hybridized carbons (Fsp3) is 0.600. The number of aryl methyl sites for hydroxylation is 1. The Hall–Kier alpha value is -1.22. The molecule has 0 N–H and O–H groups in total. The molecule has 0 saturated carbocycles. The molecule has 0 atom stereocenters. The molecule has 0 nitrogen and oxygen atoms in total. The van der Waals surface area contributed by atoms with Crippen molar-refractivity contribution in [2.45, 2.75) is 77.6 Å². The molecule has 0 aliphatic heterocycles. The molecule has 0 fully saturated rings. The second-order valence-electron chi connectivity index (χ2n) is 5.42. The second-order valence-corrected chi connectivity index (χ2v) is 5.42. The summed E-state index contributed by atoms with van der Waals surface area (Å²) in [5.74, 6) is 0. The van der Waals surface area contributed by atoms with Crippen molar-refractivity contribution in [2.24, 2.45) is 0 Å². The zero-order chi connectivity index (χ0) is 14.9. The lowest BCUT2D eigenvalue weighted by Gasteiger charge is -2.03. The minimum Gasteiger partial charge on any atom is -0.124 e. The van der Waals surface area contributed by atoms with Crippen molar-refractivity contribution in [3.63, 3.8) is 0 Å². The van der Waals surface area contributed by atoms with Crippen LogP contribution in [0.2, 0.25) is 0 Å². The SMILES string of the molecule is C#C.CCCCCCCCCCCCc1ccccc1. The molecule has 0 spiro atoms. The first-order valence-electron chi connectivity index (χ1n) is 8.30. The minimum atomic E-state index is 1.26. The van der Waals surface area contributed by atoms with Crippen LogP contribution in [0.4, 0.5) is 0 Å². The van der Waals surface area contributed by atoms with Crippen molar-refractivity contribution in [1.29, 1.82) is 0 Å². The van der Waals surface area contributed by atoms with Crippen LogP contribution in [0.3, 0.4) is 0 Å². The van der Waals surface area contributed by atoms with Crippen molar-refractivity contribution in [1.82, 2.24) is 0 Å². The normalized spacial score (nSPS) is 9.75. The largest absolute Gasteiger partial charge is 0.124 e. The van der Waals surface area contributed by atoms with Gasteiger partial charge in [0.1, 0.15) is 0 Å². The summed E-state index contributed by atoms with van der Waals surface area (Å²) >= 11 is 0. The van der Waals surface area contributed by atoms with Crippen molar-refractivity contribution in [3.8, 4) is 12.8 Å². The highest BCUT2D eigenvalue weighted by atomic mass is 14.0. The molecule has 1 aromatic rings. The molecule has 0 unspecified atom stereocenters. The molecule has 0 aliphatic carbocycles. The van der Waals surface area contributed by atoms with E-state index in [0.29, 0.717) is 0 Å². The lowest BCUT2D eigenvalue weighted by atomic mass is 10.0. The Morgan fingerprint density at radius 3 is 1.60 bits per heavy atom. The molecular weight excluding hydrogens is 240 g/mol. The average molecular weight is 272 g/mol. The van der Waals surface area contributed by atoms with Crippen LogP contribution in [-0.4, -0.2) is 0 Å². The Bertz CT molecular complexity index is 296. The van der Waals surface area contributed by atoms with Gasteiger partial charge in [0, 0.05) is 0 Å². The van der Waals surface area contributed by atoms with Gasteiger partial charge in [0.25, 0.3) is 0 Å². The van der Waals surface area contributed by atoms with E-state index in [1.807, 2.05) is 0 Å². The van der Waals surface area contributed by atoms with Crippen LogP contribution in [-0.2, 0) is 6.42 Å². The van der Waals surface area contributed by atoms with E-state index in [2.05, 4.69) is 50.1 Å². The van der Waals surface area contributed by atoms with Crippen LogP contribution < -0.4 is 0 Å². The van der Waals surface area contributed by atoms with E-state index < -0.39 is 0 Å². The first-order chi connectivity index (χ1) is 9.93. The Balaban J connectivity index is 0.00000172. The van der Waals surface area contributed by atoms with Gasteiger partial charge in [-0.25, -0.2) is 0 Å². The van der Waals surface area contributed by atoms with Crippen molar-refractivity contribution >= 4 is 0 Å². The van der Waals surface area contributed by atoms with Gasteiger partial charge in [0.15, 0.2) is 0 Å². The summed E-state index contributed by atoms with van der Waals surface area (Å²) in [7, 11) is 0. The predicted molar refractivity (Wildman–Crippen MR) is 91.9 cm³/mol. The van der Waals surface area contributed by atoms with Crippen LogP contribution in [0.15, 0.2) is 30.3 Å². The molecule has 0 saturated heterocycles. The summed E-state index contributed by atoms with van der Waals surface area (Å²) in [5, 5.41) is 0. The third kappa shape index (κ3) is 11.8. The van der Waals surface area contributed by atoms with Crippen molar-refractivity contribution in [2.75, 3.05) is 0 Å². The second kappa shape index (κ2) is 15.8. The molecule has 0 heteroatoms. The van der Waals surface area contributed by atoms with Crippen LogP contribution in [0.5, 0.6) is 0 Å². The maximum absolute atomic E-state index is 4.00. The zero-order valence-electron chi connectivity index (χ0n) is 13.3. The Kier molecular flexibility index (Phi) is 14.9. The number of terminal acetylenes is 1. The summed E-state index contributed by atoms with van der Waals surface area (Å²) in [5.41, 5.74) is 1.50. The van der Waals surface area contributed by atoms with Crippen LogP contribution in [0.1, 0.15) is 76.7 Å². The number of hydrogen-bond donors (Lipinski definition) is 0. The summed E-state index contributed by atoms with van der Waals surface area (Å²) in [6, 6.07) is 10.9. The van der Waals surface area contributed by atoms with Gasteiger partial charge in [-0.3, -0.25) is 0 Å². The third-order valence-corrected chi connectivity index (χ3v) is 3.66.